The quantitative estimate of drug-likeness (QED) is 0.300. The maximum absolute atomic E-state index is 12.7. The maximum atomic E-state index is 12.7. The molecule has 164 valence electrons. The molecule has 0 bridgehead atoms. The van der Waals surface area contributed by atoms with Crippen LogP contribution in [0.15, 0.2) is 45.6 Å². The number of aliphatic hydroxyl groups is 4. The fraction of sp³-hybridized carbons (Fsp3) is 0.286. The Morgan fingerprint density at radius 3 is 2.19 bits per heavy atom. The van der Waals surface area contributed by atoms with Crippen molar-refractivity contribution in [3.8, 4) is 28.6 Å². The number of benzene rings is 2. The molecular formula is C21H20O10. The molecule has 0 radical (unpaired) electrons. The largest absolute Gasteiger partial charge is 0.508 e. The summed E-state index contributed by atoms with van der Waals surface area (Å²) in [5.41, 5.74) is -0.813. The van der Waals surface area contributed by atoms with Crippen molar-refractivity contribution in [1.29, 1.82) is 0 Å². The summed E-state index contributed by atoms with van der Waals surface area (Å²) >= 11 is 0. The molecule has 2 aromatic carbocycles. The van der Waals surface area contributed by atoms with Crippen LogP contribution in [0.1, 0.15) is 11.7 Å². The van der Waals surface area contributed by atoms with Crippen molar-refractivity contribution in [2.45, 2.75) is 30.5 Å². The van der Waals surface area contributed by atoms with Crippen LogP contribution in [0.3, 0.4) is 0 Å². The molecule has 0 unspecified atom stereocenters. The number of phenolic OH excluding ortho intramolecular Hbond substituents is 3. The van der Waals surface area contributed by atoms with Gasteiger partial charge >= 0.3 is 0 Å². The van der Waals surface area contributed by atoms with E-state index in [9.17, 15) is 40.5 Å². The lowest BCUT2D eigenvalue weighted by Crippen LogP contribution is -2.55. The smallest absolute Gasteiger partial charge is 0.197 e. The van der Waals surface area contributed by atoms with Crippen molar-refractivity contribution >= 4 is 11.0 Å². The molecule has 2 heterocycles. The standard InChI is InChI=1S/C21H20O10/c22-7-14-17(27)18(28)19(29)21(31-14)16-11(25)5-10(24)15-12(26)6-13(30-20(15)16)8-1-3-9(23)4-2-8/h1-6,14,17-19,21-25,27-29H,7H2/t14-,17-,18+,19-,21-/m0/s1. The Balaban J connectivity index is 1.96. The molecule has 1 aromatic heterocycles. The summed E-state index contributed by atoms with van der Waals surface area (Å²) in [6, 6.07) is 7.69. The third-order valence-electron chi connectivity index (χ3n) is 5.33. The molecule has 10 nitrogen and oxygen atoms in total. The predicted octanol–water partition coefficient (Wildman–Crippen LogP) is 0.0917. The van der Waals surface area contributed by atoms with Gasteiger partial charge in [-0.2, -0.15) is 0 Å². The fourth-order valence-corrected chi connectivity index (χ4v) is 3.70. The summed E-state index contributed by atoms with van der Waals surface area (Å²) in [5, 5.41) is 70.0. The number of fused-ring (bicyclic) bond motifs is 1. The zero-order valence-corrected chi connectivity index (χ0v) is 15.9. The topological polar surface area (TPSA) is 181 Å². The van der Waals surface area contributed by atoms with Gasteiger partial charge in [-0.3, -0.25) is 4.79 Å². The zero-order valence-electron chi connectivity index (χ0n) is 15.9. The Bertz CT molecular complexity index is 1170. The first-order valence-electron chi connectivity index (χ1n) is 9.35. The van der Waals surface area contributed by atoms with E-state index in [4.69, 9.17) is 9.15 Å². The second-order valence-corrected chi connectivity index (χ2v) is 7.30. The first-order chi connectivity index (χ1) is 14.7. The number of aliphatic hydroxyl groups excluding tert-OH is 4. The highest BCUT2D eigenvalue weighted by Gasteiger charge is 2.46. The molecule has 1 aliphatic heterocycles. The Kier molecular flexibility index (Phi) is 5.33. The average Bonchev–Trinajstić information content (AvgIpc) is 2.73. The van der Waals surface area contributed by atoms with Gasteiger partial charge in [-0.05, 0) is 24.3 Å². The zero-order chi connectivity index (χ0) is 22.4. The van der Waals surface area contributed by atoms with Crippen LogP contribution in [0.25, 0.3) is 22.3 Å². The number of aromatic hydroxyl groups is 3. The molecule has 31 heavy (non-hydrogen) atoms. The molecule has 0 saturated carbocycles. The predicted molar refractivity (Wildman–Crippen MR) is 106 cm³/mol. The lowest BCUT2D eigenvalue weighted by Gasteiger charge is -2.40. The molecule has 0 spiro atoms. The number of phenols is 3. The second kappa shape index (κ2) is 7.84. The van der Waals surface area contributed by atoms with Crippen molar-refractivity contribution in [3.63, 3.8) is 0 Å². The molecule has 5 atom stereocenters. The summed E-state index contributed by atoms with van der Waals surface area (Å²) in [7, 11) is 0. The first-order valence-corrected chi connectivity index (χ1v) is 9.35. The van der Waals surface area contributed by atoms with Gasteiger partial charge in [0.2, 0.25) is 0 Å². The third kappa shape index (κ3) is 3.50. The molecule has 0 aliphatic carbocycles. The van der Waals surface area contributed by atoms with E-state index in [0.29, 0.717) is 5.56 Å². The normalized spacial score (nSPS) is 26.3. The maximum Gasteiger partial charge on any atom is 0.197 e. The number of ether oxygens (including phenoxy) is 1. The Labute approximate surface area is 174 Å². The SMILES string of the molecule is O=c1cc(-c2ccc(O)cc2)oc2c([C@@H]3O[C@@H](CO)[C@H](O)[C@@H](O)[C@@H]3O)c(O)cc(O)c12. The molecule has 3 aromatic rings. The van der Waals surface area contributed by atoms with Crippen LogP contribution in [0.2, 0.25) is 0 Å². The summed E-state index contributed by atoms with van der Waals surface area (Å²) < 4.78 is 11.3. The molecule has 1 saturated heterocycles. The van der Waals surface area contributed by atoms with Crippen LogP contribution in [0.5, 0.6) is 17.2 Å². The minimum Gasteiger partial charge on any atom is -0.508 e. The van der Waals surface area contributed by atoms with E-state index in [1.165, 1.54) is 24.3 Å². The summed E-state index contributed by atoms with van der Waals surface area (Å²) in [4.78, 5) is 12.7. The highest BCUT2D eigenvalue weighted by atomic mass is 16.5. The molecule has 1 fully saturated rings. The van der Waals surface area contributed by atoms with Crippen molar-refractivity contribution in [3.05, 3.63) is 52.2 Å². The van der Waals surface area contributed by atoms with E-state index in [0.717, 1.165) is 12.1 Å². The van der Waals surface area contributed by atoms with E-state index in [-0.39, 0.29) is 28.0 Å². The van der Waals surface area contributed by atoms with Crippen molar-refractivity contribution in [2.24, 2.45) is 0 Å². The van der Waals surface area contributed by atoms with Crippen LogP contribution in [0.4, 0.5) is 0 Å². The van der Waals surface area contributed by atoms with Gasteiger partial charge in [-0.25, -0.2) is 0 Å². The molecule has 0 amide bonds. The van der Waals surface area contributed by atoms with E-state index in [1.54, 1.807) is 0 Å². The Hall–Kier alpha value is -3.15. The van der Waals surface area contributed by atoms with Gasteiger partial charge in [0.1, 0.15) is 58.9 Å². The third-order valence-corrected chi connectivity index (χ3v) is 5.33. The Morgan fingerprint density at radius 2 is 1.55 bits per heavy atom. The second-order valence-electron chi connectivity index (χ2n) is 7.30. The number of hydrogen-bond donors (Lipinski definition) is 7. The molecule has 1 aliphatic rings. The molecule has 4 rings (SSSR count). The molecule has 7 N–H and O–H groups in total. The Morgan fingerprint density at radius 1 is 0.871 bits per heavy atom. The van der Waals surface area contributed by atoms with Crippen LogP contribution < -0.4 is 5.43 Å². The van der Waals surface area contributed by atoms with Gasteiger partial charge in [-0.15, -0.1) is 0 Å². The van der Waals surface area contributed by atoms with E-state index < -0.39 is 54.1 Å². The molecule has 10 heteroatoms. The van der Waals surface area contributed by atoms with E-state index >= 15 is 0 Å². The minimum absolute atomic E-state index is 0.0100. The summed E-state index contributed by atoms with van der Waals surface area (Å²) in [5.74, 6) is -1.15. The monoisotopic (exact) mass is 432 g/mol. The van der Waals surface area contributed by atoms with Crippen molar-refractivity contribution in [1.82, 2.24) is 0 Å². The molecular weight excluding hydrogens is 412 g/mol. The van der Waals surface area contributed by atoms with Gasteiger partial charge in [0, 0.05) is 17.7 Å². The van der Waals surface area contributed by atoms with Gasteiger partial charge < -0.3 is 44.9 Å². The minimum atomic E-state index is -1.75. The highest BCUT2D eigenvalue weighted by molar-refractivity contribution is 5.89. The van der Waals surface area contributed by atoms with Crippen LogP contribution in [-0.2, 0) is 4.74 Å². The van der Waals surface area contributed by atoms with Crippen molar-refractivity contribution in [2.75, 3.05) is 6.61 Å². The van der Waals surface area contributed by atoms with Crippen LogP contribution in [-0.4, -0.2) is 66.8 Å². The van der Waals surface area contributed by atoms with Gasteiger partial charge in [0.05, 0.1) is 12.2 Å². The van der Waals surface area contributed by atoms with E-state index in [2.05, 4.69) is 0 Å². The van der Waals surface area contributed by atoms with Crippen LogP contribution in [0, 0.1) is 0 Å². The highest BCUT2D eigenvalue weighted by Crippen LogP contribution is 2.43. The fourth-order valence-electron chi connectivity index (χ4n) is 3.70. The summed E-state index contributed by atoms with van der Waals surface area (Å²) in [6.45, 7) is -0.694. The van der Waals surface area contributed by atoms with Gasteiger partial charge in [-0.1, -0.05) is 0 Å². The van der Waals surface area contributed by atoms with Crippen molar-refractivity contribution < 1.29 is 44.9 Å². The first kappa shape index (κ1) is 21.1. The number of rotatable bonds is 3. The number of hydrogen-bond acceptors (Lipinski definition) is 10. The lowest BCUT2D eigenvalue weighted by molar-refractivity contribution is -0.231. The van der Waals surface area contributed by atoms with Gasteiger partial charge in [0.25, 0.3) is 0 Å². The van der Waals surface area contributed by atoms with Gasteiger partial charge in [0.15, 0.2) is 11.0 Å². The lowest BCUT2D eigenvalue weighted by atomic mass is 9.89. The summed E-state index contributed by atoms with van der Waals surface area (Å²) in [6.07, 6.45) is -7.87. The van der Waals surface area contributed by atoms with Crippen LogP contribution >= 0.6 is 0 Å². The van der Waals surface area contributed by atoms with E-state index in [1.807, 2.05) is 0 Å². The average molecular weight is 432 g/mol.